The van der Waals surface area contributed by atoms with Gasteiger partial charge < -0.3 is 15.0 Å². The largest absolute Gasteiger partial charge is 0.494 e. The van der Waals surface area contributed by atoms with E-state index in [1.807, 2.05) is 19.1 Å². The van der Waals surface area contributed by atoms with Gasteiger partial charge in [0.15, 0.2) is 6.54 Å². The monoisotopic (exact) mass is 353 g/mol. The van der Waals surface area contributed by atoms with Gasteiger partial charge in [0, 0.05) is 5.56 Å². The maximum Gasteiger partial charge on any atom is 0.275 e. The van der Waals surface area contributed by atoms with E-state index < -0.39 is 0 Å². The molecule has 0 radical (unpaired) electrons. The molecule has 2 aromatic rings. The second-order valence-electron chi connectivity index (χ2n) is 7.10. The van der Waals surface area contributed by atoms with Crippen LogP contribution in [0.4, 0.5) is 0 Å². The van der Waals surface area contributed by atoms with Gasteiger partial charge in [0.2, 0.25) is 0 Å². The molecular formula is C22H29N2O2+. The third kappa shape index (κ3) is 4.85. The highest BCUT2D eigenvalue weighted by Crippen LogP contribution is 2.29. The Bertz CT molecular complexity index is 727. The maximum absolute atomic E-state index is 12.5. The first-order valence-electron chi connectivity index (χ1n) is 9.56. The zero-order valence-corrected chi connectivity index (χ0v) is 15.8. The molecule has 0 aliphatic heterocycles. The van der Waals surface area contributed by atoms with Crippen molar-refractivity contribution in [1.29, 1.82) is 0 Å². The van der Waals surface area contributed by atoms with Gasteiger partial charge in [0.25, 0.3) is 5.91 Å². The first-order valence-corrected chi connectivity index (χ1v) is 9.56. The molecule has 3 rings (SSSR count). The van der Waals surface area contributed by atoms with E-state index in [1.165, 1.54) is 21.6 Å². The molecule has 0 saturated carbocycles. The molecule has 1 amide bonds. The number of amides is 1. The molecule has 0 aromatic heterocycles. The van der Waals surface area contributed by atoms with Crippen LogP contribution in [0.2, 0.25) is 0 Å². The highest BCUT2D eigenvalue weighted by Gasteiger charge is 2.22. The van der Waals surface area contributed by atoms with E-state index in [0.29, 0.717) is 13.2 Å². The summed E-state index contributed by atoms with van der Waals surface area (Å²) >= 11 is 0. The van der Waals surface area contributed by atoms with Gasteiger partial charge >= 0.3 is 0 Å². The van der Waals surface area contributed by atoms with Gasteiger partial charge in [-0.2, -0.15) is 0 Å². The van der Waals surface area contributed by atoms with E-state index in [1.54, 1.807) is 0 Å². The fourth-order valence-electron chi connectivity index (χ4n) is 3.70. The number of hydrogen-bond acceptors (Lipinski definition) is 2. The highest BCUT2D eigenvalue weighted by atomic mass is 16.5. The number of carbonyl (C=O) groups is 1. The van der Waals surface area contributed by atoms with E-state index >= 15 is 0 Å². The van der Waals surface area contributed by atoms with Crippen LogP contribution in [0.3, 0.4) is 0 Å². The summed E-state index contributed by atoms with van der Waals surface area (Å²) in [6.07, 6.45) is 3.28. The SMILES string of the molecule is CCOc1ccc(C[NH+](C)CC(=O)N[C@@H]2CCCc3ccccc32)cc1. The molecule has 0 fully saturated rings. The lowest BCUT2D eigenvalue weighted by molar-refractivity contribution is -0.885. The summed E-state index contributed by atoms with van der Waals surface area (Å²) in [7, 11) is 2.06. The van der Waals surface area contributed by atoms with Crippen LogP contribution in [-0.2, 0) is 17.8 Å². The van der Waals surface area contributed by atoms with Crippen molar-refractivity contribution in [2.45, 2.75) is 38.8 Å². The Morgan fingerprint density at radius 1 is 1.19 bits per heavy atom. The summed E-state index contributed by atoms with van der Waals surface area (Å²) in [5.74, 6) is 1.01. The van der Waals surface area contributed by atoms with E-state index in [2.05, 4.69) is 48.8 Å². The first kappa shape index (κ1) is 18.5. The molecule has 138 valence electrons. The van der Waals surface area contributed by atoms with Crippen molar-refractivity contribution in [3.05, 3.63) is 65.2 Å². The van der Waals surface area contributed by atoms with Gasteiger partial charge in [-0.3, -0.25) is 4.79 Å². The number of likely N-dealkylation sites (N-methyl/N-ethyl adjacent to an activating group) is 1. The maximum atomic E-state index is 12.5. The van der Waals surface area contributed by atoms with Crippen LogP contribution in [0.5, 0.6) is 5.75 Å². The van der Waals surface area contributed by atoms with Gasteiger partial charge in [-0.1, -0.05) is 24.3 Å². The molecule has 2 atom stereocenters. The van der Waals surface area contributed by atoms with E-state index in [9.17, 15) is 4.79 Å². The Morgan fingerprint density at radius 3 is 2.73 bits per heavy atom. The van der Waals surface area contributed by atoms with Crippen LogP contribution < -0.4 is 15.0 Å². The standard InChI is InChI=1S/C22H28N2O2/c1-3-26-19-13-11-17(12-14-19)15-24(2)16-22(25)23-21-10-6-8-18-7-4-5-9-20(18)21/h4-5,7,9,11-14,21H,3,6,8,10,15-16H2,1-2H3,(H,23,25)/p+1/t21-/m1/s1. The average Bonchev–Trinajstić information content (AvgIpc) is 2.64. The van der Waals surface area contributed by atoms with E-state index in [4.69, 9.17) is 4.74 Å². The van der Waals surface area contributed by atoms with Crippen molar-refractivity contribution >= 4 is 5.91 Å². The summed E-state index contributed by atoms with van der Waals surface area (Å²) in [6.45, 7) is 3.96. The molecule has 4 nitrogen and oxygen atoms in total. The first-order chi connectivity index (χ1) is 12.7. The fraction of sp³-hybridized carbons (Fsp3) is 0.409. The second kappa shape index (κ2) is 8.86. The summed E-state index contributed by atoms with van der Waals surface area (Å²) < 4.78 is 5.47. The molecule has 1 aliphatic carbocycles. The lowest BCUT2D eigenvalue weighted by Crippen LogP contribution is -3.08. The number of hydrogen-bond donors (Lipinski definition) is 2. The Labute approximate surface area is 156 Å². The van der Waals surface area contributed by atoms with E-state index in [0.717, 1.165) is 31.6 Å². The Morgan fingerprint density at radius 2 is 1.96 bits per heavy atom. The Balaban J connectivity index is 1.52. The minimum absolute atomic E-state index is 0.120. The molecule has 26 heavy (non-hydrogen) atoms. The molecular weight excluding hydrogens is 324 g/mol. The number of aryl methyl sites for hydroxylation is 1. The molecule has 0 spiro atoms. The van der Waals surface area contributed by atoms with Gasteiger partial charge in [0.1, 0.15) is 12.3 Å². The van der Waals surface area contributed by atoms with E-state index in [-0.39, 0.29) is 11.9 Å². The van der Waals surface area contributed by atoms with Gasteiger partial charge in [-0.15, -0.1) is 0 Å². The van der Waals surface area contributed by atoms with Crippen LogP contribution in [0, 0.1) is 0 Å². The lowest BCUT2D eigenvalue weighted by Gasteiger charge is -2.26. The highest BCUT2D eigenvalue weighted by molar-refractivity contribution is 5.77. The molecule has 0 bridgehead atoms. The summed E-state index contributed by atoms with van der Waals surface area (Å²) in [5, 5.41) is 3.24. The molecule has 1 aliphatic rings. The minimum Gasteiger partial charge on any atom is -0.494 e. The number of fused-ring (bicyclic) bond motifs is 1. The number of ether oxygens (including phenoxy) is 1. The molecule has 2 N–H and O–H groups in total. The van der Waals surface area contributed by atoms with Crippen LogP contribution in [0.15, 0.2) is 48.5 Å². The molecule has 0 saturated heterocycles. The van der Waals surface area contributed by atoms with Crippen LogP contribution in [0.1, 0.15) is 42.5 Å². The third-order valence-electron chi connectivity index (χ3n) is 4.91. The molecule has 2 aromatic carbocycles. The third-order valence-corrected chi connectivity index (χ3v) is 4.91. The zero-order valence-electron chi connectivity index (χ0n) is 15.8. The number of carbonyl (C=O) groups excluding carboxylic acids is 1. The number of quaternary nitrogens is 1. The number of benzene rings is 2. The summed E-state index contributed by atoms with van der Waals surface area (Å²) in [6, 6.07) is 16.8. The quantitative estimate of drug-likeness (QED) is 0.802. The van der Waals surface area contributed by atoms with Crippen LogP contribution in [0.25, 0.3) is 0 Å². The average molecular weight is 353 g/mol. The summed E-state index contributed by atoms with van der Waals surface area (Å²) in [4.78, 5) is 13.7. The van der Waals surface area contributed by atoms with Crippen molar-refractivity contribution in [1.82, 2.24) is 5.32 Å². The Kier molecular flexibility index (Phi) is 6.29. The normalized spacial score (nSPS) is 17.2. The molecule has 1 unspecified atom stereocenters. The number of rotatable bonds is 7. The summed E-state index contributed by atoms with van der Waals surface area (Å²) in [5.41, 5.74) is 3.87. The second-order valence-corrected chi connectivity index (χ2v) is 7.10. The van der Waals surface area contributed by atoms with Crippen molar-refractivity contribution in [3.63, 3.8) is 0 Å². The van der Waals surface area contributed by atoms with Crippen molar-refractivity contribution in [3.8, 4) is 5.75 Å². The van der Waals surface area contributed by atoms with Gasteiger partial charge in [-0.25, -0.2) is 0 Å². The lowest BCUT2D eigenvalue weighted by atomic mass is 9.88. The predicted molar refractivity (Wildman–Crippen MR) is 103 cm³/mol. The van der Waals surface area contributed by atoms with Crippen molar-refractivity contribution in [2.24, 2.45) is 0 Å². The van der Waals surface area contributed by atoms with Crippen molar-refractivity contribution in [2.75, 3.05) is 20.2 Å². The fourth-order valence-corrected chi connectivity index (χ4v) is 3.70. The van der Waals surface area contributed by atoms with Crippen LogP contribution in [-0.4, -0.2) is 26.1 Å². The number of nitrogens with one attached hydrogen (secondary N) is 2. The van der Waals surface area contributed by atoms with Gasteiger partial charge in [0.05, 0.1) is 19.7 Å². The minimum atomic E-state index is 0.120. The zero-order chi connectivity index (χ0) is 18.4. The van der Waals surface area contributed by atoms with Crippen LogP contribution >= 0.6 is 0 Å². The molecule has 4 heteroatoms. The smallest absolute Gasteiger partial charge is 0.275 e. The predicted octanol–water partition coefficient (Wildman–Crippen LogP) is 2.29. The Hall–Kier alpha value is -2.33. The topological polar surface area (TPSA) is 42.8 Å². The van der Waals surface area contributed by atoms with Crippen molar-refractivity contribution < 1.29 is 14.4 Å². The molecule has 0 heterocycles. The van der Waals surface area contributed by atoms with Gasteiger partial charge in [-0.05, 0) is 61.6 Å².